The summed E-state index contributed by atoms with van der Waals surface area (Å²) in [5.41, 5.74) is -2.87. The first-order chi connectivity index (χ1) is 16.4. The molecule has 0 aromatic rings. The summed E-state index contributed by atoms with van der Waals surface area (Å²) in [6.45, 7) is 5.13. The molecule has 8 nitrogen and oxygen atoms in total. The van der Waals surface area contributed by atoms with Gasteiger partial charge in [-0.15, -0.1) is 0 Å². The van der Waals surface area contributed by atoms with E-state index in [0.29, 0.717) is 12.3 Å². The van der Waals surface area contributed by atoms with Gasteiger partial charge in [-0.3, -0.25) is 4.90 Å². The molecule has 7 rings (SSSR count). The minimum Gasteiger partial charge on any atom is -0.384 e. The van der Waals surface area contributed by atoms with E-state index >= 15 is 0 Å². The number of rotatable bonds is 6. The number of nitrogens with zero attached hydrogens (tertiary/aromatic N) is 1. The largest absolute Gasteiger partial charge is 0.384 e. The van der Waals surface area contributed by atoms with Gasteiger partial charge < -0.3 is 33.5 Å². The first-order valence-electron chi connectivity index (χ1n) is 13.2. The molecule has 0 radical (unpaired) electrons. The maximum atomic E-state index is 13.1. The van der Waals surface area contributed by atoms with Crippen molar-refractivity contribution in [3.05, 3.63) is 0 Å². The first-order valence-corrected chi connectivity index (χ1v) is 13.2. The Bertz CT molecular complexity index is 874. The van der Waals surface area contributed by atoms with Gasteiger partial charge in [0.25, 0.3) is 0 Å². The van der Waals surface area contributed by atoms with E-state index in [1.807, 2.05) is 14.2 Å². The molecule has 7 aliphatic rings. The van der Waals surface area contributed by atoms with Gasteiger partial charge in [-0.1, -0.05) is 6.92 Å². The molecule has 2 heterocycles. The fourth-order valence-electron chi connectivity index (χ4n) is 11.7. The maximum absolute atomic E-state index is 13.1. The van der Waals surface area contributed by atoms with Crippen molar-refractivity contribution in [1.29, 1.82) is 0 Å². The monoisotopic (exact) mass is 479 g/mol. The molecular formula is C26H41NO7. The molecule has 2 saturated heterocycles. The molecule has 2 aliphatic heterocycles. The quantitative estimate of drug-likeness (QED) is 0.613. The van der Waals surface area contributed by atoms with Gasteiger partial charge in [0, 0.05) is 64.1 Å². The minimum atomic E-state index is -1.15. The van der Waals surface area contributed by atoms with Crippen molar-refractivity contribution in [2.75, 3.05) is 54.9 Å². The number of hydrogen-bond donors (Lipinski definition) is 1. The smallest absolute Gasteiger partial charge is 0.148 e. The van der Waals surface area contributed by atoms with Crippen molar-refractivity contribution in [2.24, 2.45) is 28.6 Å². The average molecular weight is 480 g/mol. The molecular weight excluding hydrogens is 438 g/mol. The number of methoxy groups -OCH3 is 4. The lowest BCUT2D eigenvalue weighted by molar-refractivity contribution is -0.341. The number of fused-ring (bicyclic) bond motifs is 1. The predicted molar refractivity (Wildman–Crippen MR) is 121 cm³/mol. The third-order valence-corrected chi connectivity index (χ3v) is 12.2. The second kappa shape index (κ2) is 6.95. The molecule has 12 unspecified atom stereocenters. The zero-order chi connectivity index (χ0) is 23.7. The number of hydrogen-bond acceptors (Lipinski definition) is 8. The number of likely N-dealkylation sites (N-methyl/N-ethyl adjacent to an activating group) is 1. The lowest BCUT2D eigenvalue weighted by atomic mass is 9.41. The number of likely N-dealkylation sites (tertiary alicyclic amines) is 1. The van der Waals surface area contributed by atoms with E-state index in [1.54, 1.807) is 14.2 Å². The van der Waals surface area contributed by atoms with Gasteiger partial charge in [-0.2, -0.15) is 0 Å². The third kappa shape index (κ3) is 1.98. The van der Waals surface area contributed by atoms with Gasteiger partial charge in [-0.25, -0.2) is 0 Å². The van der Waals surface area contributed by atoms with Gasteiger partial charge in [0.05, 0.1) is 31.0 Å². The van der Waals surface area contributed by atoms with Gasteiger partial charge in [0.1, 0.15) is 23.6 Å². The fraction of sp³-hybridized carbons (Fsp3) is 1.00. The van der Waals surface area contributed by atoms with E-state index in [2.05, 4.69) is 11.8 Å². The van der Waals surface area contributed by atoms with Crippen molar-refractivity contribution in [3.8, 4) is 0 Å². The zero-order valence-electron chi connectivity index (χ0n) is 21.2. The van der Waals surface area contributed by atoms with Gasteiger partial charge >= 0.3 is 0 Å². The van der Waals surface area contributed by atoms with E-state index < -0.39 is 16.8 Å². The van der Waals surface area contributed by atoms with Crippen molar-refractivity contribution >= 4 is 0 Å². The van der Waals surface area contributed by atoms with Crippen LogP contribution in [0.15, 0.2) is 0 Å². The topological polar surface area (TPSA) is 78.9 Å². The zero-order valence-corrected chi connectivity index (χ0v) is 21.2. The van der Waals surface area contributed by atoms with Crippen LogP contribution in [0, 0.1) is 28.6 Å². The Morgan fingerprint density at radius 2 is 1.85 bits per heavy atom. The first kappa shape index (κ1) is 22.8. The summed E-state index contributed by atoms with van der Waals surface area (Å²) >= 11 is 0. The second-order valence-electron chi connectivity index (χ2n) is 12.3. The van der Waals surface area contributed by atoms with Crippen LogP contribution in [-0.4, -0.2) is 106 Å². The van der Waals surface area contributed by atoms with Gasteiger partial charge in [0.15, 0.2) is 0 Å². The number of piperidine rings is 1. The van der Waals surface area contributed by atoms with Crippen LogP contribution in [0.25, 0.3) is 0 Å². The Kier molecular flexibility index (Phi) is 4.67. The van der Waals surface area contributed by atoms with E-state index in [-0.39, 0.29) is 53.8 Å². The molecule has 8 heteroatoms. The Morgan fingerprint density at radius 3 is 2.53 bits per heavy atom. The molecule has 3 spiro atoms. The molecule has 0 aromatic heterocycles. The van der Waals surface area contributed by atoms with Crippen LogP contribution in [0.1, 0.15) is 39.0 Å². The van der Waals surface area contributed by atoms with Crippen molar-refractivity contribution in [3.63, 3.8) is 0 Å². The van der Waals surface area contributed by atoms with Crippen LogP contribution in [0.2, 0.25) is 0 Å². The Morgan fingerprint density at radius 1 is 1.03 bits per heavy atom. The highest BCUT2D eigenvalue weighted by molar-refractivity contribution is 5.44. The summed E-state index contributed by atoms with van der Waals surface area (Å²) in [4.78, 5) is 2.65. The second-order valence-corrected chi connectivity index (χ2v) is 12.3. The SMILES string of the molecule is CCN1CC2(COC)CCC(OC)C34C2CC2(OCOC25CC(OC)C2CC3C5(O)C2OC)C14. The molecule has 12 atom stereocenters. The molecule has 7 fully saturated rings. The molecule has 1 N–H and O–H groups in total. The lowest BCUT2D eigenvalue weighted by Crippen LogP contribution is -2.86. The van der Waals surface area contributed by atoms with E-state index in [1.165, 1.54) is 0 Å². The molecule has 192 valence electrons. The van der Waals surface area contributed by atoms with Crippen molar-refractivity contribution < 1.29 is 33.5 Å². The van der Waals surface area contributed by atoms with Gasteiger partial charge in [-0.05, 0) is 38.1 Å². The fourth-order valence-corrected chi connectivity index (χ4v) is 11.7. The Labute approximate surface area is 202 Å². The van der Waals surface area contributed by atoms with E-state index in [9.17, 15) is 5.11 Å². The minimum absolute atomic E-state index is 0.0155. The Hall–Kier alpha value is -0.320. The lowest BCUT2D eigenvalue weighted by Gasteiger charge is -2.72. The average Bonchev–Trinajstić information content (AvgIpc) is 3.39. The van der Waals surface area contributed by atoms with E-state index in [4.69, 9.17) is 28.4 Å². The third-order valence-electron chi connectivity index (χ3n) is 12.2. The summed E-state index contributed by atoms with van der Waals surface area (Å²) < 4.78 is 38.2. The molecule has 0 amide bonds. The van der Waals surface area contributed by atoms with Crippen LogP contribution >= 0.6 is 0 Å². The summed E-state index contributed by atoms with van der Waals surface area (Å²) in [6.07, 6.45) is 4.10. The van der Waals surface area contributed by atoms with Crippen LogP contribution in [0.5, 0.6) is 0 Å². The highest BCUT2D eigenvalue weighted by atomic mass is 16.7. The summed E-state index contributed by atoms with van der Waals surface area (Å²) in [5, 5.41) is 13.1. The van der Waals surface area contributed by atoms with Crippen LogP contribution < -0.4 is 0 Å². The normalized spacial score (nSPS) is 61.1. The van der Waals surface area contributed by atoms with Crippen molar-refractivity contribution in [1.82, 2.24) is 4.90 Å². The summed E-state index contributed by atoms with van der Waals surface area (Å²) in [7, 11) is 7.23. The van der Waals surface area contributed by atoms with Crippen LogP contribution in [0.4, 0.5) is 0 Å². The Balaban J connectivity index is 1.55. The predicted octanol–water partition coefficient (Wildman–Crippen LogP) is 1.43. The highest BCUT2D eigenvalue weighted by Crippen LogP contribution is 2.83. The maximum Gasteiger partial charge on any atom is 0.148 e. The molecule has 7 bridgehead atoms. The number of ether oxygens (including phenoxy) is 6. The van der Waals surface area contributed by atoms with E-state index in [0.717, 1.165) is 45.4 Å². The standard InChI is InChI=1S/C26H41NO7/c1-6-27-12-22(13-29-2)8-7-19(31-4)25-17-9-15-16(30-3)10-24(26(17,28)20(15)32-5)23(21(25)27,11-18(22)25)33-14-34-24/h15-21,28H,6-14H2,1-5H3. The van der Waals surface area contributed by atoms with Gasteiger partial charge in [0.2, 0.25) is 0 Å². The summed E-state index contributed by atoms with van der Waals surface area (Å²) in [5.74, 6) is 0.442. The molecule has 0 aromatic carbocycles. The molecule has 34 heavy (non-hydrogen) atoms. The highest BCUT2D eigenvalue weighted by Gasteiger charge is 2.94. The molecule has 5 aliphatic carbocycles. The molecule has 5 saturated carbocycles. The van der Waals surface area contributed by atoms with Crippen LogP contribution in [-0.2, 0) is 28.4 Å². The number of aliphatic hydroxyl groups is 1. The summed E-state index contributed by atoms with van der Waals surface area (Å²) in [6, 6.07) is 0.130. The van der Waals surface area contributed by atoms with Crippen molar-refractivity contribution in [2.45, 2.75) is 80.2 Å². The van der Waals surface area contributed by atoms with Crippen LogP contribution in [0.3, 0.4) is 0 Å².